The van der Waals surface area contributed by atoms with Gasteiger partial charge in [0.05, 0.1) is 10.9 Å². The first-order valence-electron chi connectivity index (χ1n) is 5.31. The topological polar surface area (TPSA) is 58.9 Å². The van der Waals surface area contributed by atoms with Crippen LogP contribution < -0.4 is 0 Å². The van der Waals surface area contributed by atoms with Crippen LogP contribution in [-0.2, 0) is 0 Å². The largest absolute Gasteiger partial charge is 0.493 e. The van der Waals surface area contributed by atoms with Gasteiger partial charge in [0, 0.05) is 22.4 Å². The van der Waals surface area contributed by atoms with Gasteiger partial charge in [-0.05, 0) is 30.3 Å². The molecule has 0 unspecified atom stereocenters. The maximum atomic E-state index is 9.95. The molecule has 0 fully saturated rings. The van der Waals surface area contributed by atoms with E-state index in [1.165, 1.54) is 0 Å². The Bertz CT molecular complexity index is 716. The van der Waals surface area contributed by atoms with E-state index in [9.17, 15) is 5.11 Å². The summed E-state index contributed by atoms with van der Waals surface area (Å²) >= 11 is 3.36. The fourth-order valence-corrected chi connectivity index (χ4v) is 2.08. The first-order chi connectivity index (χ1) is 8.74. The molecule has 0 bridgehead atoms. The summed E-state index contributed by atoms with van der Waals surface area (Å²) in [7, 11) is 0. The number of aromatic nitrogens is 3. The van der Waals surface area contributed by atoms with Crippen molar-refractivity contribution in [3.63, 3.8) is 0 Å². The molecule has 0 aliphatic heterocycles. The van der Waals surface area contributed by atoms with Gasteiger partial charge in [0.2, 0.25) is 5.88 Å². The minimum atomic E-state index is -0.0203. The molecular weight excluding hydrogens is 294 g/mol. The van der Waals surface area contributed by atoms with E-state index in [0.717, 1.165) is 10.0 Å². The Morgan fingerprint density at radius 2 is 1.78 bits per heavy atom. The lowest BCUT2D eigenvalue weighted by atomic mass is 10.2. The molecule has 2 aromatic heterocycles. The van der Waals surface area contributed by atoms with Crippen LogP contribution in [-0.4, -0.2) is 20.1 Å². The molecule has 0 aliphatic rings. The molecule has 5 heteroatoms. The van der Waals surface area contributed by atoms with Crippen molar-refractivity contribution in [1.29, 1.82) is 0 Å². The van der Waals surface area contributed by atoms with Crippen LogP contribution in [0.3, 0.4) is 0 Å². The van der Waals surface area contributed by atoms with E-state index in [2.05, 4.69) is 30.9 Å². The number of hydrogen-bond acceptors (Lipinski definition) is 4. The zero-order chi connectivity index (χ0) is 12.5. The van der Waals surface area contributed by atoms with Crippen LogP contribution in [0.2, 0.25) is 0 Å². The molecule has 0 aliphatic carbocycles. The lowest BCUT2D eigenvalue weighted by Gasteiger charge is -2.04. The SMILES string of the molecule is Oc1nc(-c2ccncc2)nc2ccc(Br)cc12. The highest BCUT2D eigenvalue weighted by atomic mass is 79.9. The van der Waals surface area contributed by atoms with Gasteiger partial charge in [0.1, 0.15) is 0 Å². The minimum absolute atomic E-state index is 0.0203. The maximum absolute atomic E-state index is 9.95. The number of fused-ring (bicyclic) bond motifs is 1. The van der Waals surface area contributed by atoms with E-state index in [4.69, 9.17) is 0 Å². The van der Waals surface area contributed by atoms with Crippen molar-refractivity contribution < 1.29 is 5.11 Å². The molecule has 88 valence electrons. The second-order valence-electron chi connectivity index (χ2n) is 3.77. The van der Waals surface area contributed by atoms with Crippen LogP contribution in [0, 0.1) is 0 Å². The molecule has 4 nitrogen and oxygen atoms in total. The van der Waals surface area contributed by atoms with Crippen molar-refractivity contribution in [1.82, 2.24) is 15.0 Å². The number of hydrogen-bond donors (Lipinski definition) is 1. The molecule has 1 N–H and O–H groups in total. The van der Waals surface area contributed by atoms with Crippen molar-refractivity contribution in [2.24, 2.45) is 0 Å². The second kappa shape index (κ2) is 4.34. The van der Waals surface area contributed by atoms with Gasteiger partial charge in [-0.1, -0.05) is 15.9 Å². The minimum Gasteiger partial charge on any atom is -0.493 e. The summed E-state index contributed by atoms with van der Waals surface area (Å²) in [5.41, 5.74) is 1.53. The van der Waals surface area contributed by atoms with Gasteiger partial charge >= 0.3 is 0 Å². The summed E-state index contributed by atoms with van der Waals surface area (Å²) < 4.78 is 0.880. The van der Waals surface area contributed by atoms with Crippen molar-refractivity contribution in [3.8, 4) is 17.3 Å². The van der Waals surface area contributed by atoms with Crippen molar-refractivity contribution in [3.05, 3.63) is 47.2 Å². The van der Waals surface area contributed by atoms with Gasteiger partial charge in [-0.25, -0.2) is 4.98 Å². The van der Waals surface area contributed by atoms with E-state index in [1.54, 1.807) is 30.6 Å². The van der Waals surface area contributed by atoms with Gasteiger partial charge in [0.25, 0.3) is 0 Å². The first-order valence-corrected chi connectivity index (χ1v) is 6.10. The van der Waals surface area contributed by atoms with E-state index in [0.29, 0.717) is 16.7 Å². The fraction of sp³-hybridized carbons (Fsp3) is 0. The quantitative estimate of drug-likeness (QED) is 0.750. The molecule has 18 heavy (non-hydrogen) atoms. The zero-order valence-electron chi connectivity index (χ0n) is 9.21. The summed E-state index contributed by atoms with van der Waals surface area (Å²) in [6.07, 6.45) is 3.34. The first kappa shape index (κ1) is 11.1. The summed E-state index contributed by atoms with van der Waals surface area (Å²) in [6.45, 7) is 0. The Hall–Kier alpha value is -2.01. The summed E-state index contributed by atoms with van der Waals surface area (Å²) in [6, 6.07) is 9.12. The van der Waals surface area contributed by atoms with Crippen LogP contribution in [0.4, 0.5) is 0 Å². The molecule has 3 aromatic rings. The Morgan fingerprint density at radius 3 is 2.56 bits per heavy atom. The van der Waals surface area contributed by atoms with Gasteiger partial charge in [0.15, 0.2) is 5.82 Å². The summed E-state index contributed by atoms with van der Waals surface area (Å²) in [5.74, 6) is 0.470. The van der Waals surface area contributed by atoms with Gasteiger partial charge in [-0.2, -0.15) is 4.98 Å². The number of rotatable bonds is 1. The van der Waals surface area contributed by atoms with Gasteiger partial charge < -0.3 is 5.11 Å². The highest BCUT2D eigenvalue weighted by molar-refractivity contribution is 9.10. The van der Waals surface area contributed by atoms with Gasteiger partial charge in [-0.3, -0.25) is 4.98 Å². The summed E-state index contributed by atoms with van der Waals surface area (Å²) in [5, 5.41) is 10.6. The van der Waals surface area contributed by atoms with E-state index in [-0.39, 0.29) is 5.88 Å². The lowest BCUT2D eigenvalue weighted by Crippen LogP contribution is -1.91. The number of benzene rings is 1. The number of halogens is 1. The predicted octanol–water partition coefficient (Wildman–Crippen LogP) is 3.16. The Labute approximate surface area is 111 Å². The molecule has 0 atom stereocenters. The van der Waals surface area contributed by atoms with Crippen molar-refractivity contribution in [2.75, 3.05) is 0 Å². The molecule has 0 radical (unpaired) electrons. The normalized spacial score (nSPS) is 10.7. The molecular formula is C13H8BrN3O. The molecule has 0 saturated heterocycles. The Kier molecular flexibility index (Phi) is 2.68. The van der Waals surface area contributed by atoms with Crippen LogP contribution in [0.25, 0.3) is 22.3 Å². The molecule has 0 spiro atoms. The third-order valence-electron chi connectivity index (χ3n) is 2.58. The van der Waals surface area contributed by atoms with Crippen molar-refractivity contribution in [2.45, 2.75) is 0 Å². The molecule has 0 amide bonds. The third-order valence-corrected chi connectivity index (χ3v) is 3.07. The fourth-order valence-electron chi connectivity index (χ4n) is 1.71. The lowest BCUT2D eigenvalue weighted by molar-refractivity contribution is 0.460. The number of nitrogens with zero attached hydrogens (tertiary/aromatic N) is 3. The highest BCUT2D eigenvalue weighted by Gasteiger charge is 2.08. The number of aromatic hydroxyl groups is 1. The molecule has 1 aromatic carbocycles. The predicted molar refractivity (Wildman–Crippen MR) is 72.1 cm³/mol. The zero-order valence-corrected chi connectivity index (χ0v) is 10.8. The van der Waals surface area contributed by atoms with Crippen LogP contribution >= 0.6 is 15.9 Å². The van der Waals surface area contributed by atoms with Crippen molar-refractivity contribution >= 4 is 26.8 Å². The van der Waals surface area contributed by atoms with Crippen LogP contribution in [0.5, 0.6) is 5.88 Å². The van der Waals surface area contributed by atoms with Crippen LogP contribution in [0.1, 0.15) is 0 Å². The molecule has 3 rings (SSSR count). The Balaban J connectivity index is 2.25. The smallest absolute Gasteiger partial charge is 0.222 e. The maximum Gasteiger partial charge on any atom is 0.222 e. The van der Waals surface area contributed by atoms with E-state index < -0.39 is 0 Å². The average Bonchev–Trinajstić information content (AvgIpc) is 2.40. The molecule has 0 saturated carbocycles. The summed E-state index contributed by atoms with van der Waals surface area (Å²) in [4.78, 5) is 12.5. The van der Waals surface area contributed by atoms with Gasteiger partial charge in [-0.15, -0.1) is 0 Å². The standard InChI is InChI=1S/C13H8BrN3O/c14-9-1-2-11-10(7-9)13(18)17-12(16-11)8-3-5-15-6-4-8/h1-7H,(H,16,17,18). The van der Waals surface area contributed by atoms with E-state index in [1.807, 2.05) is 12.1 Å². The third kappa shape index (κ3) is 1.93. The molecule has 2 heterocycles. The van der Waals surface area contributed by atoms with E-state index >= 15 is 0 Å². The number of pyridine rings is 1. The highest BCUT2D eigenvalue weighted by Crippen LogP contribution is 2.27. The second-order valence-corrected chi connectivity index (χ2v) is 4.68. The Morgan fingerprint density at radius 1 is 1.00 bits per heavy atom. The average molecular weight is 302 g/mol. The monoisotopic (exact) mass is 301 g/mol. The van der Waals surface area contributed by atoms with Crippen LogP contribution in [0.15, 0.2) is 47.2 Å².